The minimum atomic E-state index is 0. The van der Waals surface area contributed by atoms with Gasteiger partial charge in [-0.1, -0.05) is 58.3 Å². The molecule has 0 amide bonds. The van der Waals surface area contributed by atoms with Crippen LogP contribution < -0.4 is 0 Å². The van der Waals surface area contributed by atoms with Crippen molar-refractivity contribution in [3.05, 3.63) is 0 Å². The number of quaternary nitrogens is 1. The number of hydrogen-bond donors (Lipinski definition) is 0. The maximum Gasteiger partial charge on any atom is 0.0786 e. The fourth-order valence-electron chi connectivity index (χ4n) is 3.08. The van der Waals surface area contributed by atoms with Crippen molar-refractivity contribution in [2.24, 2.45) is 0 Å². The summed E-state index contributed by atoms with van der Waals surface area (Å²) in [5.74, 6) is 0. The third-order valence-electron chi connectivity index (χ3n) is 5.00. The van der Waals surface area contributed by atoms with Crippen molar-refractivity contribution in [3.8, 4) is 0 Å². The van der Waals surface area contributed by atoms with Gasteiger partial charge < -0.3 is 4.48 Å². The summed E-state index contributed by atoms with van der Waals surface area (Å²) in [6, 6.07) is 0. The van der Waals surface area contributed by atoms with E-state index >= 15 is 0 Å². The molecule has 0 aliphatic heterocycles. The summed E-state index contributed by atoms with van der Waals surface area (Å²) < 4.78 is 1.33. The molecular weight excluding hydrogens is 341 g/mol. The van der Waals surface area contributed by atoms with Crippen molar-refractivity contribution < 1.29 is 4.48 Å². The first-order valence-corrected chi connectivity index (χ1v) is 9.09. The van der Waals surface area contributed by atoms with Crippen molar-refractivity contribution in [2.45, 2.75) is 91.9 Å². The van der Waals surface area contributed by atoms with Gasteiger partial charge in [0.25, 0.3) is 0 Å². The van der Waals surface area contributed by atoms with Crippen LogP contribution in [0.1, 0.15) is 91.9 Å². The molecule has 0 fully saturated rings. The summed E-state index contributed by atoms with van der Waals surface area (Å²) in [6.45, 7) is 14.7. The van der Waals surface area contributed by atoms with E-state index in [1.807, 2.05) is 0 Å². The van der Waals surface area contributed by atoms with Crippen LogP contribution >= 0.6 is 26.9 Å². The minimum absolute atomic E-state index is 0. The zero-order valence-electron chi connectivity index (χ0n) is 15.5. The Morgan fingerprint density at radius 3 is 1.19 bits per heavy atom. The molecule has 0 radical (unpaired) electrons. The number of hydrogen-bond acceptors (Lipinski definition) is 0. The fourth-order valence-corrected chi connectivity index (χ4v) is 3.08. The highest BCUT2D eigenvalue weighted by Crippen LogP contribution is 2.13. The predicted octanol–water partition coefficient (Wildman–Crippen LogP) is 6.42. The second-order valence-corrected chi connectivity index (χ2v) is 6.20. The molecule has 0 aromatic heterocycles. The van der Waals surface area contributed by atoms with E-state index in [1.54, 1.807) is 0 Å². The summed E-state index contributed by atoms with van der Waals surface area (Å²) in [6.07, 6.45) is 14.5. The Balaban J connectivity index is -0.00000162. The van der Waals surface area contributed by atoms with Gasteiger partial charge in [-0.15, -0.1) is 17.0 Å². The van der Waals surface area contributed by atoms with Crippen LogP contribution in [-0.2, 0) is 0 Å². The van der Waals surface area contributed by atoms with Gasteiger partial charge in [-0.3, -0.25) is 0 Å². The fraction of sp³-hybridized carbons (Fsp3) is 1.00. The van der Waals surface area contributed by atoms with E-state index in [1.165, 1.54) is 94.9 Å². The first kappa shape index (κ1) is 26.8. The molecule has 0 aliphatic rings. The van der Waals surface area contributed by atoms with Crippen molar-refractivity contribution >= 4 is 26.9 Å². The van der Waals surface area contributed by atoms with E-state index in [4.69, 9.17) is 0 Å². The Labute approximate surface area is 149 Å². The van der Waals surface area contributed by atoms with E-state index in [-0.39, 0.29) is 26.9 Å². The van der Waals surface area contributed by atoms with Gasteiger partial charge >= 0.3 is 0 Å². The molecular formula is C18H44BrNP+. The molecule has 0 N–H and O–H groups in total. The maximum absolute atomic E-state index is 2.35. The first-order valence-electron chi connectivity index (χ1n) is 9.09. The highest BCUT2D eigenvalue weighted by atomic mass is 79.9. The lowest BCUT2D eigenvalue weighted by Crippen LogP contribution is -2.48. The quantitative estimate of drug-likeness (QED) is 0.184. The molecule has 0 saturated heterocycles. The molecule has 0 aliphatic carbocycles. The highest BCUT2D eigenvalue weighted by Gasteiger charge is 2.19. The lowest BCUT2D eigenvalue weighted by atomic mass is 10.1. The van der Waals surface area contributed by atoms with Crippen LogP contribution in [0.2, 0.25) is 0 Å². The number of halogens is 1. The molecule has 3 heteroatoms. The predicted molar refractivity (Wildman–Crippen MR) is 110 cm³/mol. The van der Waals surface area contributed by atoms with E-state index in [9.17, 15) is 0 Å². The van der Waals surface area contributed by atoms with Gasteiger partial charge in [0.05, 0.1) is 26.2 Å². The standard InChI is InChI=1S/C18H40N.BrH.H3P/c1-5-9-10-11-12-13-14-15-16-17-18-19(6-2,7-3)8-4;;/h5-18H2,1-4H3;1H;1H3/q+1;;. The average molecular weight is 385 g/mol. The Bertz CT molecular complexity index is 176. The zero-order valence-corrected chi connectivity index (χ0v) is 18.6. The Morgan fingerprint density at radius 2 is 0.857 bits per heavy atom. The van der Waals surface area contributed by atoms with Crippen LogP contribution in [0.25, 0.3) is 0 Å². The number of unbranched alkanes of at least 4 members (excludes halogenated alkanes) is 9. The number of rotatable bonds is 14. The van der Waals surface area contributed by atoms with Gasteiger partial charge in [-0.25, -0.2) is 0 Å². The molecule has 0 aromatic carbocycles. The molecule has 0 spiro atoms. The topological polar surface area (TPSA) is 0 Å². The molecule has 21 heavy (non-hydrogen) atoms. The Hall–Kier alpha value is 0.870. The third kappa shape index (κ3) is 14.2. The van der Waals surface area contributed by atoms with Crippen LogP contribution in [-0.4, -0.2) is 30.7 Å². The monoisotopic (exact) mass is 384 g/mol. The SMILES string of the molecule is Br.CCCCCCCCCCCC[N+](CC)(CC)CC.P. The molecule has 1 atom stereocenters. The molecule has 1 unspecified atom stereocenters. The van der Waals surface area contributed by atoms with Gasteiger partial charge in [0.2, 0.25) is 0 Å². The molecule has 0 rings (SSSR count). The van der Waals surface area contributed by atoms with Gasteiger partial charge in [0, 0.05) is 0 Å². The van der Waals surface area contributed by atoms with Crippen molar-refractivity contribution in [1.82, 2.24) is 0 Å². The zero-order chi connectivity index (χ0) is 14.4. The van der Waals surface area contributed by atoms with E-state index in [2.05, 4.69) is 27.7 Å². The molecule has 1 nitrogen and oxygen atoms in total. The molecule has 0 heterocycles. The summed E-state index contributed by atoms with van der Waals surface area (Å²) in [7, 11) is 0. The number of nitrogens with zero attached hydrogens (tertiary/aromatic N) is 1. The molecule has 0 aromatic rings. The van der Waals surface area contributed by atoms with Crippen molar-refractivity contribution in [3.63, 3.8) is 0 Å². The summed E-state index contributed by atoms with van der Waals surface area (Å²) in [5, 5.41) is 0. The van der Waals surface area contributed by atoms with Crippen LogP contribution in [0, 0.1) is 0 Å². The van der Waals surface area contributed by atoms with Crippen LogP contribution in [0.15, 0.2) is 0 Å². The normalized spacial score (nSPS) is 10.9. The Morgan fingerprint density at radius 1 is 0.524 bits per heavy atom. The van der Waals surface area contributed by atoms with Crippen LogP contribution in [0.3, 0.4) is 0 Å². The van der Waals surface area contributed by atoms with Crippen LogP contribution in [0.5, 0.6) is 0 Å². The minimum Gasteiger partial charge on any atom is -0.324 e. The summed E-state index contributed by atoms with van der Waals surface area (Å²) in [5.41, 5.74) is 0. The van der Waals surface area contributed by atoms with E-state index in [0.29, 0.717) is 0 Å². The van der Waals surface area contributed by atoms with Crippen molar-refractivity contribution in [2.75, 3.05) is 26.2 Å². The smallest absolute Gasteiger partial charge is 0.0786 e. The third-order valence-corrected chi connectivity index (χ3v) is 5.00. The van der Waals surface area contributed by atoms with E-state index < -0.39 is 0 Å². The second-order valence-electron chi connectivity index (χ2n) is 6.20. The molecule has 0 bridgehead atoms. The second kappa shape index (κ2) is 18.9. The first-order chi connectivity index (χ1) is 9.24. The van der Waals surface area contributed by atoms with Crippen LogP contribution in [0.4, 0.5) is 0 Å². The van der Waals surface area contributed by atoms with Gasteiger partial charge in [0.15, 0.2) is 0 Å². The average Bonchev–Trinajstić information content (AvgIpc) is 2.46. The van der Waals surface area contributed by atoms with Gasteiger partial charge in [-0.2, -0.15) is 9.90 Å². The lowest BCUT2D eigenvalue weighted by molar-refractivity contribution is -0.923. The summed E-state index contributed by atoms with van der Waals surface area (Å²) in [4.78, 5) is 0. The highest BCUT2D eigenvalue weighted by molar-refractivity contribution is 8.93. The summed E-state index contributed by atoms with van der Waals surface area (Å²) >= 11 is 0. The largest absolute Gasteiger partial charge is 0.324 e. The molecule has 0 saturated carbocycles. The molecule has 132 valence electrons. The van der Waals surface area contributed by atoms with Gasteiger partial charge in [-0.05, 0) is 33.6 Å². The lowest BCUT2D eigenvalue weighted by Gasteiger charge is -2.35. The maximum atomic E-state index is 2.35. The van der Waals surface area contributed by atoms with Crippen molar-refractivity contribution in [1.29, 1.82) is 0 Å². The van der Waals surface area contributed by atoms with E-state index in [0.717, 1.165) is 0 Å². The van der Waals surface area contributed by atoms with Gasteiger partial charge in [0.1, 0.15) is 0 Å². The Kier molecular flexibility index (Phi) is 24.1.